The molecule has 0 unspecified atom stereocenters. The number of guanidine groups is 1. The van der Waals surface area contributed by atoms with Crippen molar-refractivity contribution in [2.75, 3.05) is 20.1 Å². The van der Waals surface area contributed by atoms with E-state index in [1.165, 1.54) is 12.1 Å². The zero-order chi connectivity index (χ0) is 18.8. The highest BCUT2D eigenvalue weighted by Crippen LogP contribution is 2.14. The number of carbonyl (C=O) groups is 1. The molecule has 2 aromatic rings. The molecule has 0 spiro atoms. The molecule has 0 aliphatic carbocycles. The van der Waals surface area contributed by atoms with Crippen molar-refractivity contribution in [1.82, 2.24) is 16.0 Å². The van der Waals surface area contributed by atoms with E-state index in [0.29, 0.717) is 36.2 Å². The van der Waals surface area contributed by atoms with E-state index in [1.807, 2.05) is 24.3 Å². The van der Waals surface area contributed by atoms with Gasteiger partial charge in [0.05, 0.1) is 6.42 Å². The summed E-state index contributed by atoms with van der Waals surface area (Å²) in [5.41, 5.74) is 1.62. The highest BCUT2D eigenvalue weighted by Gasteiger charge is 2.05. The lowest BCUT2D eigenvalue weighted by molar-refractivity contribution is -0.120. The summed E-state index contributed by atoms with van der Waals surface area (Å²) in [5, 5.41) is 9.75. The van der Waals surface area contributed by atoms with Crippen LogP contribution >= 0.6 is 35.6 Å². The fraction of sp³-hybridized carbons (Fsp3) is 0.263. The van der Waals surface area contributed by atoms with Crippen LogP contribution in [0.5, 0.6) is 0 Å². The Morgan fingerprint density at radius 3 is 2.52 bits per heavy atom. The van der Waals surface area contributed by atoms with Gasteiger partial charge in [0.25, 0.3) is 0 Å². The average molecular weight is 505 g/mol. The van der Waals surface area contributed by atoms with Gasteiger partial charge < -0.3 is 16.0 Å². The second-order valence-electron chi connectivity index (χ2n) is 5.60. The number of rotatable bonds is 7. The lowest BCUT2D eigenvalue weighted by atomic mass is 10.1. The van der Waals surface area contributed by atoms with Crippen LogP contribution in [0.1, 0.15) is 11.1 Å². The van der Waals surface area contributed by atoms with E-state index >= 15 is 0 Å². The summed E-state index contributed by atoms with van der Waals surface area (Å²) in [5.74, 6) is 0.117. The van der Waals surface area contributed by atoms with Crippen LogP contribution in [0.3, 0.4) is 0 Å². The number of aliphatic imine (C=N–C) groups is 1. The molecule has 2 aromatic carbocycles. The van der Waals surface area contributed by atoms with Gasteiger partial charge in [0, 0.05) is 31.7 Å². The van der Waals surface area contributed by atoms with Gasteiger partial charge in [-0.15, -0.1) is 24.0 Å². The summed E-state index contributed by atoms with van der Waals surface area (Å²) in [4.78, 5) is 16.0. The van der Waals surface area contributed by atoms with E-state index in [9.17, 15) is 9.18 Å². The molecule has 0 radical (unpaired) electrons. The summed E-state index contributed by atoms with van der Waals surface area (Å²) in [7, 11) is 1.67. The molecule has 1 amide bonds. The lowest BCUT2D eigenvalue weighted by Gasteiger charge is -2.13. The third-order valence-corrected chi connectivity index (χ3v) is 3.99. The quantitative estimate of drug-likeness (QED) is 0.235. The van der Waals surface area contributed by atoms with Crippen molar-refractivity contribution in [3.63, 3.8) is 0 Å². The molecule has 0 aliphatic heterocycles. The first kappa shape index (κ1) is 23.2. The number of hydrogen-bond acceptors (Lipinski definition) is 2. The van der Waals surface area contributed by atoms with Crippen LogP contribution in [0.2, 0.25) is 5.02 Å². The number of nitrogens with zero attached hydrogens (tertiary/aromatic N) is 1. The van der Waals surface area contributed by atoms with E-state index in [-0.39, 0.29) is 42.1 Å². The monoisotopic (exact) mass is 504 g/mol. The lowest BCUT2D eigenvalue weighted by Crippen LogP contribution is -2.41. The Hall–Kier alpha value is -1.87. The van der Waals surface area contributed by atoms with E-state index in [4.69, 9.17) is 11.6 Å². The third-order valence-electron chi connectivity index (χ3n) is 3.62. The standard InChI is InChI=1S/C19H22ClFN4O.HI/c1-22-19(25-13-15-6-2-3-8-17(15)20)24-10-9-23-18(26)12-14-5-4-7-16(21)11-14;/h2-8,11H,9-10,12-13H2,1H3,(H,23,26)(H2,22,24,25);1H. The molecule has 3 N–H and O–H groups in total. The van der Waals surface area contributed by atoms with Gasteiger partial charge in [-0.05, 0) is 29.3 Å². The number of carbonyl (C=O) groups excluding carboxylic acids is 1. The zero-order valence-electron chi connectivity index (χ0n) is 15.0. The molecule has 146 valence electrons. The van der Waals surface area contributed by atoms with Gasteiger partial charge in [-0.25, -0.2) is 4.39 Å². The molecule has 0 aromatic heterocycles. The van der Waals surface area contributed by atoms with Gasteiger partial charge in [0.2, 0.25) is 5.91 Å². The number of hydrogen-bond donors (Lipinski definition) is 3. The molecule has 5 nitrogen and oxygen atoms in total. The maximum atomic E-state index is 13.1. The summed E-state index contributed by atoms with van der Waals surface area (Å²) < 4.78 is 13.1. The Labute approximate surface area is 180 Å². The SMILES string of the molecule is CN=C(NCCNC(=O)Cc1cccc(F)c1)NCc1ccccc1Cl.I. The van der Waals surface area contributed by atoms with Crippen LogP contribution in [0.15, 0.2) is 53.5 Å². The van der Waals surface area contributed by atoms with Crippen LogP contribution in [0.4, 0.5) is 4.39 Å². The molecule has 2 rings (SSSR count). The topological polar surface area (TPSA) is 65.5 Å². The molecule has 0 saturated carbocycles. The van der Waals surface area contributed by atoms with Crippen molar-refractivity contribution < 1.29 is 9.18 Å². The Bertz CT molecular complexity index is 773. The minimum Gasteiger partial charge on any atom is -0.355 e. The highest BCUT2D eigenvalue weighted by atomic mass is 127. The summed E-state index contributed by atoms with van der Waals surface area (Å²) >= 11 is 6.12. The number of halogens is 3. The van der Waals surface area contributed by atoms with Crippen LogP contribution < -0.4 is 16.0 Å². The van der Waals surface area contributed by atoms with Crippen LogP contribution in [-0.4, -0.2) is 32.0 Å². The Morgan fingerprint density at radius 1 is 1.07 bits per heavy atom. The fourth-order valence-electron chi connectivity index (χ4n) is 2.32. The smallest absolute Gasteiger partial charge is 0.224 e. The number of nitrogens with one attached hydrogen (secondary N) is 3. The van der Waals surface area contributed by atoms with Gasteiger partial charge in [-0.1, -0.05) is 41.9 Å². The minimum absolute atomic E-state index is 0. The van der Waals surface area contributed by atoms with Crippen molar-refractivity contribution >= 4 is 47.4 Å². The molecule has 0 aliphatic rings. The predicted molar refractivity (Wildman–Crippen MR) is 118 cm³/mol. The molecule has 8 heteroatoms. The van der Waals surface area contributed by atoms with E-state index in [2.05, 4.69) is 20.9 Å². The first-order valence-electron chi connectivity index (χ1n) is 8.27. The second kappa shape index (κ2) is 12.5. The van der Waals surface area contributed by atoms with Crippen molar-refractivity contribution in [3.05, 3.63) is 70.5 Å². The number of benzene rings is 2. The second-order valence-corrected chi connectivity index (χ2v) is 6.01. The Kier molecular flexibility index (Phi) is 10.7. The van der Waals surface area contributed by atoms with Crippen LogP contribution in [0, 0.1) is 5.82 Å². The average Bonchev–Trinajstić information content (AvgIpc) is 2.62. The summed E-state index contributed by atoms with van der Waals surface area (Å²) in [6.07, 6.45) is 0.150. The highest BCUT2D eigenvalue weighted by molar-refractivity contribution is 14.0. The Morgan fingerprint density at radius 2 is 1.81 bits per heavy atom. The van der Waals surface area contributed by atoms with E-state index in [1.54, 1.807) is 19.2 Å². The maximum absolute atomic E-state index is 13.1. The first-order chi connectivity index (χ1) is 12.6. The van der Waals surface area contributed by atoms with Crippen molar-refractivity contribution in [2.24, 2.45) is 4.99 Å². The maximum Gasteiger partial charge on any atom is 0.224 e. The molecular formula is C19H23ClFIN4O. The van der Waals surface area contributed by atoms with Crippen molar-refractivity contribution in [3.8, 4) is 0 Å². The zero-order valence-corrected chi connectivity index (χ0v) is 18.1. The Balaban J connectivity index is 0.00000364. The molecular weight excluding hydrogens is 482 g/mol. The van der Waals surface area contributed by atoms with Gasteiger partial charge >= 0.3 is 0 Å². The van der Waals surface area contributed by atoms with Gasteiger partial charge in [0.1, 0.15) is 5.82 Å². The van der Waals surface area contributed by atoms with Crippen LogP contribution in [-0.2, 0) is 17.8 Å². The predicted octanol–water partition coefficient (Wildman–Crippen LogP) is 3.12. The number of amides is 1. The van der Waals surface area contributed by atoms with Crippen LogP contribution in [0.25, 0.3) is 0 Å². The molecule has 0 fully saturated rings. The van der Waals surface area contributed by atoms with Crippen molar-refractivity contribution in [2.45, 2.75) is 13.0 Å². The normalized spacial score (nSPS) is 10.7. The fourth-order valence-corrected chi connectivity index (χ4v) is 2.52. The molecule has 0 bridgehead atoms. The van der Waals surface area contributed by atoms with Gasteiger partial charge in [-0.2, -0.15) is 0 Å². The van der Waals surface area contributed by atoms with E-state index < -0.39 is 0 Å². The first-order valence-corrected chi connectivity index (χ1v) is 8.65. The minimum atomic E-state index is -0.342. The van der Waals surface area contributed by atoms with Gasteiger partial charge in [0.15, 0.2) is 5.96 Å². The third kappa shape index (κ3) is 8.57. The molecule has 0 heterocycles. The van der Waals surface area contributed by atoms with E-state index in [0.717, 1.165) is 5.56 Å². The summed E-state index contributed by atoms with van der Waals surface area (Å²) in [6, 6.07) is 13.6. The van der Waals surface area contributed by atoms with Crippen molar-refractivity contribution in [1.29, 1.82) is 0 Å². The molecule has 0 atom stereocenters. The molecule has 0 saturated heterocycles. The van der Waals surface area contributed by atoms with Gasteiger partial charge in [-0.3, -0.25) is 9.79 Å². The summed E-state index contributed by atoms with van der Waals surface area (Å²) in [6.45, 7) is 1.49. The largest absolute Gasteiger partial charge is 0.355 e. The molecule has 27 heavy (non-hydrogen) atoms.